The summed E-state index contributed by atoms with van der Waals surface area (Å²) in [5, 5.41) is 3.70. The quantitative estimate of drug-likeness (QED) is 0.693. The Morgan fingerprint density at radius 3 is 2.61 bits per heavy atom. The van der Waals surface area contributed by atoms with E-state index in [1.54, 1.807) is 0 Å². The number of fused-ring (bicyclic) bond motifs is 1. The van der Waals surface area contributed by atoms with Gasteiger partial charge in [0.1, 0.15) is 10.7 Å². The van der Waals surface area contributed by atoms with E-state index in [0.29, 0.717) is 16.0 Å². The Balaban J connectivity index is 1.61. The Morgan fingerprint density at radius 1 is 1.18 bits per heavy atom. The molecule has 28 heavy (non-hydrogen) atoms. The summed E-state index contributed by atoms with van der Waals surface area (Å²) in [7, 11) is 0. The minimum absolute atomic E-state index is 0.0681. The highest BCUT2D eigenvalue weighted by Gasteiger charge is 2.19. The topological polar surface area (TPSA) is 74.8 Å². The summed E-state index contributed by atoms with van der Waals surface area (Å²) in [5.74, 6) is 0.365. The van der Waals surface area contributed by atoms with Crippen LogP contribution >= 0.6 is 11.3 Å². The fraction of sp³-hybridized carbons (Fsp3) is 0.409. The Kier molecular flexibility index (Phi) is 5.31. The predicted octanol–water partition coefficient (Wildman–Crippen LogP) is 4.26. The minimum atomic E-state index is -0.176. The molecule has 4 rings (SSSR count). The van der Waals surface area contributed by atoms with E-state index in [4.69, 9.17) is 0 Å². The van der Waals surface area contributed by atoms with Crippen LogP contribution in [-0.4, -0.2) is 21.9 Å². The number of hydrogen-bond donors (Lipinski definition) is 2. The first-order valence-electron chi connectivity index (χ1n) is 9.90. The molecule has 1 aliphatic rings. The first-order chi connectivity index (χ1) is 13.5. The number of nitrogens with zero attached hydrogens (tertiary/aromatic N) is 1. The lowest BCUT2D eigenvalue weighted by molar-refractivity contribution is -0.121. The van der Waals surface area contributed by atoms with E-state index in [1.165, 1.54) is 36.2 Å². The van der Waals surface area contributed by atoms with E-state index in [2.05, 4.69) is 15.3 Å². The Bertz CT molecular complexity index is 1060. The average Bonchev–Trinajstić information content (AvgIpc) is 2.99. The molecule has 0 aliphatic heterocycles. The van der Waals surface area contributed by atoms with E-state index >= 15 is 0 Å². The standard InChI is InChI=1S/C22H25N3O2S/c1-13-8-10-15(11-9-13)19-14(2)28-22-20(19)21(27)24-17(25-22)12-18(26)23-16-6-4-3-5-7-16/h8-11,16H,3-7,12H2,1-2H3,(H,23,26)(H,24,25,27). The summed E-state index contributed by atoms with van der Waals surface area (Å²) in [6.07, 6.45) is 5.78. The number of hydrogen-bond acceptors (Lipinski definition) is 4. The molecule has 2 N–H and O–H groups in total. The van der Waals surface area contributed by atoms with Crippen LogP contribution in [0.2, 0.25) is 0 Å². The number of carbonyl (C=O) groups is 1. The van der Waals surface area contributed by atoms with Crippen molar-refractivity contribution in [2.24, 2.45) is 0 Å². The molecule has 2 aromatic heterocycles. The molecule has 3 aromatic rings. The Hall–Kier alpha value is -2.47. The smallest absolute Gasteiger partial charge is 0.260 e. The van der Waals surface area contributed by atoms with Gasteiger partial charge >= 0.3 is 0 Å². The number of nitrogens with one attached hydrogen (secondary N) is 2. The number of carbonyl (C=O) groups excluding carboxylic acids is 1. The fourth-order valence-corrected chi connectivity index (χ4v) is 5.06. The van der Waals surface area contributed by atoms with Gasteiger partial charge in [-0.3, -0.25) is 9.59 Å². The second kappa shape index (κ2) is 7.87. The first-order valence-corrected chi connectivity index (χ1v) is 10.7. The molecule has 1 saturated carbocycles. The molecule has 0 atom stereocenters. The lowest BCUT2D eigenvalue weighted by atomic mass is 9.95. The molecule has 1 fully saturated rings. The van der Waals surface area contributed by atoms with Crippen molar-refractivity contribution in [1.82, 2.24) is 15.3 Å². The third-order valence-corrected chi connectivity index (χ3v) is 6.42. The van der Waals surface area contributed by atoms with Crippen LogP contribution in [0.15, 0.2) is 29.1 Å². The number of aromatic amines is 1. The molecular formula is C22H25N3O2S. The Labute approximate surface area is 168 Å². The number of benzene rings is 1. The highest BCUT2D eigenvalue weighted by molar-refractivity contribution is 7.19. The summed E-state index contributed by atoms with van der Waals surface area (Å²) in [6.45, 7) is 4.05. The molecule has 0 saturated heterocycles. The van der Waals surface area contributed by atoms with Crippen molar-refractivity contribution in [3.05, 3.63) is 50.9 Å². The summed E-state index contributed by atoms with van der Waals surface area (Å²) in [5.41, 5.74) is 2.96. The van der Waals surface area contributed by atoms with E-state index in [0.717, 1.165) is 28.8 Å². The number of thiophene rings is 1. The van der Waals surface area contributed by atoms with E-state index in [1.807, 2.05) is 38.1 Å². The van der Waals surface area contributed by atoms with Crippen LogP contribution in [0.5, 0.6) is 0 Å². The van der Waals surface area contributed by atoms with Crippen molar-refractivity contribution < 1.29 is 4.79 Å². The minimum Gasteiger partial charge on any atom is -0.353 e. The fourth-order valence-electron chi connectivity index (χ4n) is 3.99. The molecule has 1 amide bonds. The lowest BCUT2D eigenvalue weighted by Gasteiger charge is -2.22. The van der Waals surface area contributed by atoms with Gasteiger partial charge in [0.2, 0.25) is 5.91 Å². The number of rotatable bonds is 4. The summed E-state index contributed by atoms with van der Waals surface area (Å²) >= 11 is 1.51. The van der Waals surface area contributed by atoms with Crippen molar-refractivity contribution in [2.75, 3.05) is 0 Å². The van der Waals surface area contributed by atoms with Gasteiger partial charge in [0, 0.05) is 16.5 Å². The zero-order valence-corrected chi connectivity index (χ0v) is 17.1. The second-order valence-corrected chi connectivity index (χ2v) is 8.87. The van der Waals surface area contributed by atoms with Crippen LogP contribution in [-0.2, 0) is 11.2 Å². The highest BCUT2D eigenvalue weighted by Crippen LogP contribution is 2.35. The first kappa shape index (κ1) is 18.9. The summed E-state index contributed by atoms with van der Waals surface area (Å²) in [6, 6.07) is 8.42. The van der Waals surface area contributed by atoms with Gasteiger partial charge in [0.25, 0.3) is 5.56 Å². The van der Waals surface area contributed by atoms with E-state index < -0.39 is 0 Å². The number of aryl methyl sites for hydroxylation is 2. The van der Waals surface area contributed by atoms with Crippen LogP contribution in [0.1, 0.15) is 48.4 Å². The normalized spacial score (nSPS) is 15.1. The largest absolute Gasteiger partial charge is 0.353 e. The van der Waals surface area contributed by atoms with Crippen LogP contribution in [0, 0.1) is 13.8 Å². The van der Waals surface area contributed by atoms with Crippen molar-refractivity contribution in [3.8, 4) is 11.1 Å². The van der Waals surface area contributed by atoms with Crippen molar-refractivity contribution in [1.29, 1.82) is 0 Å². The highest BCUT2D eigenvalue weighted by atomic mass is 32.1. The van der Waals surface area contributed by atoms with Crippen LogP contribution < -0.4 is 10.9 Å². The van der Waals surface area contributed by atoms with E-state index in [-0.39, 0.29) is 23.9 Å². The molecule has 0 bridgehead atoms. The molecular weight excluding hydrogens is 370 g/mol. The second-order valence-electron chi connectivity index (χ2n) is 7.67. The molecule has 1 aliphatic carbocycles. The van der Waals surface area contributed by atoms with Crippen LogP contribution in [0.3, 0.4) is 0 Å². The van der Waals surface area contributed by atoms with Gasteiger partial charge in [-0.25, -0.2) is 4.98 Å². The molecule has 1 aromatic carbocycles. The third-order valence-electron chi connectivity index (χ3n) is 5.43. The van der Waals surface area contributed by atoms with Gasteiger partial charge < -0.3 is 10.3 Å². The number of aromatic nitrogens is 2. The Morgan fingerprint density at radius 2 is 1.89 bits per heavy atom. The van der Waals surface area contributed by atoms with Gasteiger partial charge in [-0.2, -0.15) is 0 Å². The molecule has 0 spiro atoms. The molecule has 2 heterocycles. The van der Waals surface area contributed by atoms with Gasteiger partial charge in [0.05, 0.1) is 11.8 Å². The van der Waals surface area contributed by atoms with Crippen LogP contribution in [0.25, 0.3) is 21.3 Å². The maximum atomic E-state index is 12.8. The van der Waals surface area contributed by atoms with Crippen molar-refractivity contribution in [3.63, 3.8) is 0 Å². The van der Waals surface area contributed by atoms with E-state index in [9.17, 15) is 9.59 Å². The monoisotopic (exact) mass is 395 g/mol. The lowest BCUT2D eigenvalue weighted by Crippen LogP contribution is -2.37. The van der Waals surface area contributed by atoms with Gasteiger partial charge in [-0.15, -0.1) is 11.3 Å². The SMILES string of the molecule is Cc1ccc(-c2c(C)sc3nc(CC(=O)NC4CCCCC4)[nH]c(=O)c23)cc1. The van der Waals surface area contributed by atoms with Gasteiger partial charge in [0.15, 0.2) is 0 Å². The summed E-state index contributed by atoms with van der Waals surface area (Å²) in [4.78, 5) is 34.4. The molecule has 0 radical (unpaired) electrons. The van der Waals surface area contributed by atoms with Gasteiger partial charge in [-0.05, 0) is 32.3 Å². The maximum Gasteiger partial charge on any atom is 0.260 e. The third kappa shape index (κ3) is 3.87. The maximum absolute atomic E-state index is 12.8. The van der Waals surface area contributed by atoms with Gasteiger partial charge in [-0.1, -0.05) is 49.1 Å². The number of amides is 1. The zero-order chi connectivity index (χ0) is 19.7. The molecule has 0 unspecified atom stereocenters. The molecule has 146 valence electrons. The number of H-pyrrole nitrogens is 1. The zero-order valence-electron chi connectivity index (χ0n) is 16.3. The predicted molar refractivity (Wildman–Crippen MR) is 114 cm³/mol. The average molecular weight is 396 g/mol. The summed E-state index contributed by atoms with van der Waals surface area (Å²) < 4.78 is 0. The van der Waals surface area contributed by atoms with Crippen molar-refractivity contribution >= 4 is 27.5 Å². The van der Waals surface area contributed by atoms with Crippen molar-refractivity contribution in [2.45, 2.75) is 58.4 Å². The molecule has 6 heteroatoms. The van der Waals surface area contributed by atoms with Crippen LogP contribution in [0.4, 0.5) is 0 Å². The molecule has 5 nitrogen and oxygen atoms in total.